The molecule has 0 amide bonds. The Morgan fingerprint density at radius 1 is 0.286 bits per heavy atom. The molecule has 1 heterocycles. The molecule has 2 heteroatoms. The van der Waals surface area contributed by atoms with Crippen molar-refractivity contribution >= 4 is 71.2 Å². The quantitative estimate of drug-likeness (QED) is 0.156. The molecule has 0 atom stereocenters. The van der Waals surface area contributed by atoms with Gasteiger partial charge in [-0.25, -0.2) is 0 Å². The Morgan fingerprint density at radius 2 is 0.768 bits per heavy atom. The highest BCUT2D eigenvalue weighted by molar-refractivity contribution is 6.19. The fourth-order valence-electron chi connectivity index (χ4n) is 8.62. The van der Waals surface area contributed by atoms with Gasteiger partial charge in [-0.15, -0.1) is 0 Å². The highest BCUT2D eigenvalue weighted by Gasteiger charge is 2.18. The van der Waals surface area contributed by atoms with Crippen molar-refractivity contribution in [3.05, 3.63) is 218 Å². The third-order valence-corrected chi connectivity index (χ3v) is 11.3. The second kappa shape index (κ2) is 13.2. The number of para-hydroxylation sites is 1. The third kappa shape index (κ3) is 5.34. The molecule has 262 valence electrons. The molecule has 0 N–H and O–H groups in total. The monoisotopic (exact) mass is 712 g/mol. The van der Waals surface area contributed by atoms with Crippen LogP contribution in [0.15, 0.2) is 218 Å². The van der Waals surface area contributed by atoms with Gasteiger partial charge in [0.05, 0.1) is 11.0 Å². The molecule has 0 spiro atoms. The van der Waals surface area contributed by atoms with Crippen molar-refractivity contribution in [3.8, 4) is 27.9 Å². The Hall–Kier alpha value is -7.42. The van der Waals surface area contributed by atoms with E-state index in [2.05, 4.69) is 228 Å². The number of hydrogen-bond acceptors (Lipinski definition) is 1. The topological polar surface area (TPSA) is 8.17 Å². The lowest BCUT2D eigenvalue weighted by atomic mass is 10.00. The number of nitrogens with zero attached hydrogens (tertiary/aromatic N) is 2. The largest absolute Gasteiger partial charge is 0.310 e. The SMILES string of the molecule is c1ccc(-c2ccc(N(c3ccc(-c4ccc5c6ccc7ccccc7c6n(-c6ccccc6)c5c4)cc3)c3ccc4ccc5ccccc5c4c3)cc2)cc1. The Bertz CT molecular complexity index is 3210. The molecule has 0 aliphatic rings. The molecule has 0 saturated heterocycles. The molecule has 0 fully saturated rings. The van der Waals surface area contributed by atoms with Gasteiger partial charge >= 0.3 is 0 Å². The van der Waals surface area contributed by atoms with Gasteiger partial charge in [0, 0.05) is 38.9 Å². The first kappa shape index (κ1) is 32.0. The van der Waals surface area contributed by atoms with Crippen LogP contribution in [0.1, 0.15) is 0 Å². The average Bonchev–Trinajstić information content (AvgIpc) is 3.62. The van der Waals surface area contributed by atoms with Crippen molar-refractivity contribution in [2.24, 2.45) is 0 Å². The van der Waals surface area contributed by atoms with Crippen LogP contribution < -0.4 is 4.90 Å². The van der Waals surface area contributed by atoms with Crippen LogP contribution in [0, 0.1) is 0 Å². The molecule has 0 radical (unpaired) electrons. The van der Waals surface area contributed by atoms with Gasteiger partial charge in [0.25, 0.3) is 0 Å². The molecule has 0 saturated carbocycles. The van der Waals surface area contributed by atoms with Crippen LogP contribution in [-0.2, 0) is 0 Å². The summed E-state index contributed by atoms with van der Waals surface area (Å²) in [7, 11) is 0. The second-order valence-electron chi connectivity index (χ2n) is 14.6. The van der Waals surface area contributed by atoms with Crippen molar-refractivity contribution in [1.82, 2.24) is 4.57 Å². The van der Waals surface area contributed by atoms with Crippen molar-refractivity contribution in [3.63, 3.8) is 0 Å². The summed E-state index contributed by atoms with van der Waals surface area (Å²) in [4.78, 5) is 2.38. The van der Waals surface area contributed by atoms with Crippen LogP contribution in [0.25, 0.3) is 82.1 Å². The zero-order valence-corrected chi connectivity index (χ0v) is 30.7. The van der Waals surface area contributed by atoms with Crippen LogP contribution >= 0.6 is 0 Å². The van der Waals surface area contributed by atoms with Gasteiger partial charge in [-0.05, 0) is 104 Å². The Kier molecular flexibility index (Phi) is 7.53. The lowest BCUT2D eigenvalue weighted by Crippen LogP contribution is -2.09. The van der Waals surface area contributed by atoms with Gasteiger partial charge in [0.1, 0.15) is 0 Å². The summed E-state index contributed by atoms with van der Waals surface area (Å²) in [5, 5.41) is 10.0. The fourth-order valence-corrected chi connectivity index (χ4v) is 8.62. The van der Waals surface area contributed by atoms with Crippen LogP contribution in [0.4, 0.5) is 17.1 Å². The van der Waals surface area contributed by atoms with Gasteiger partial charge in [-0.3, -0.25) is 0 Å². The standard InChI is InChI=1S/C54H36N2/c1-3-11-37(12-4-1)38-21-28-45(29-22-38)55(47-32-25-42-20-19-40-13-7-9-17-48(40)52(42)36-47)46-30-23-39(24-31-46)43-27-33-50-51-34-26-41-14-8-10-18-49(41)54(51)56(53(50)35-43)44-15-5-2-6-16-44/h1-36H. The zero-order valence-electron chi connectivity index (χ0n) is 30.7. The highest BCUT2D eigenvalue weighted by atomic mass is 15.1. The zero-order chi connectivity index (χ0) is 37.0. The average molecular weight is 713 g/mol. The lowest BCUT2D eigenvalue weighted by molar-refractivity contribution is 1.19. The molecule has 56 heavy (non-hydrogen) atoms. The van der Waals surface area contributed by atoms with Crippen molar-refractivity contribution in [2.75, 3.05) is 4.90 Å². The first-order chi connectivity index (χ1) is 27.8. The fraction of sp³-hybridized carbons (Fsp3) is 0. The van der Waals surface area contributed by atoms with Crippen LogP contribution in [0.5, 0.6) is 0 Å². The van der Waals surface area contributed by atoms with E-state index in [0.717, 1.165) is 22.7 Å². The molecule has 2 nitrogen and oxygen atoms in total. The molecule has 0 bridgehead atoms. The molecule has 1 aromatic heterocycles. The summed E-state index contributed by atoms with van der Waals surface area (Å²) in [5.74, 6) is 0. The van der Waals surface area contributed by atoms with Gasteiger partial charge in [-0.1, -0.05) is 164 Å². The van der Waals surface area contributed by atoms with E-state index in [1.165, 1.54) is 76.4 Å². The van der Waals surface area contributed by atoms with Crippen molar-refractivity contribution in [2.45, 2.75) is 0 Å². The molecular formula is C54H36N2. The molecule has 11 rings (SSSR count). The predicted molar refractivity (Wildman–Crippen MR) is 239 cm³/mol. The number of anilines is 3. The van der Waals surface area contributed by atoms with E-state index in [9.17, 15) is 0 Å². The summed E-state index contributed by atoms with van der Waals surface area (Å²) in [6.45, 7) is 0. The summed E-state index contributed by atoms with van der Waals surface area (Å²) >= 11 is 0. The van der Waals surface area contributed by atoms with Crippen molar-refractivity contribution < 1.29 is 0 Å². The van der Waals surface area contributed by atoms with Gasteiger partial charge in [0.2, 0.25) is 0 Å². The number of benzene rings is 10. The van der Waals surface area contributed by atoms with Gasteiger partial charge in [-0.2, -0.15) is 0 Å². The minimum atomic E-state index is 1.10. The maximum absolute atomic E-state index is 2.44. The van der Waals surface area contributed by atoms with E-state index in [0.29, 0.717) is 0 Å². The lowest BCUT2D eigenvalue weighted by Gasteiger charge is -2.26. The predicted octanol–water partition coefficient (Wildman–Crippen LogP) is 15.0. The van der Waals surface area contributed by atoms with E-state index in [1.807, 2.05) is 0 Å². The minimum Gasteiger partial charge on any atom is -0.310 e. The first-order valence-electron chi connectivity index (χ1n) is 19.3. The second-order valence-corrected chi connectivity index (χ2v) is 14.6. The summed E-state index contributed by atoms with van der Waals surface area (Å²) in [5.41, 5.74) is 11.7. The third-order valence-electron chi connectivity index (χ3n) is 11.3. The summed E-state index contributed by atoms with van der Waals surface area (Å²) in [6, 6.07) is 79.5. The van der Waals surface area contributed by atoms with Crippen LogP contribution in [0.2, 0.25) is 0 Å². The van der Waals surface area contributed by atoms with E-state index in [-0.39, 0.29) is 0 Å². The maximum Gasteiger partial charge on any atom is 0.0619 e. The van der Waals surface area contributed by atoms with Crippen LogP contribution in [-0.4, -0.2) is 4.57 Å². The van der Waals surface area contributed by atoms with Crippen molar-refractivity contribution in [1.29, 1.82) is 0 Å². The summed E-state index contributed by atoms with van der Waals surface area (Å²) in [6.07, 6.45) is 0. The highest BCUT2D eigenvalue weighted by Crippen LogP contribution is 2.41. The number of fused-ring (bicyclic) bond motifs is 8. The first-order valence-corrected chi connectivity index (χ1v) is 19.3. The normalized spacial score (nSPS) is 11.6. The Labute approximate surface area is 325 Å². The van der Waals surface area contributed by atoms with Gasteiger partial charge < -0.3 is 9.47 Å². The van der Waals surface area contributed by atoms with E-state index >= 15 is 0 Å². The molecule has 0 unspecified atom stereocenters. The van der Waals surface area contributed by atoms with E-state index < -0.39 is 0 Å². The number of hydrogen-bond donors (Lipinski definition) is 0. The number of rotatable bonds is 6. The molecule has 10 aromatic carbocycles. The maximum atomic E-state index is 2.44. The van der Waals surface area contributed by atoms with E-state index in [1.54, 1.807) is 0 Å². The van der Waals surface area contributed by atoms with Crippen LogP contribution in [0.3, 0.4) is 0 Å². The smallest absolute Gasteiger partial charge is 0.0619 e. The molecule has 0 aliphatic heterocycles. The molecule has 11 aromatic rings. The minimum absolute atomic E-state index is 1.10. The van der Waals surface area contributed by atoms with Gasteiger partial charge in [0.15, 0.2) is 0 Å². The molecule has 0 aliphatic carbocycles. The Balaban J connectivity index is 1.05. The number of aromatic nitrogens is 1. The Morgan fingerprint density at radius 3 is 1.48 bits per heavy atom. The summed E-state index contributed by atoms with van der Waals surface area (Å²) < 4.78 is 2.44. The van der Waals surface area contributed by atoms with E-state index in [4.69, 9.17) is 0 Å². The molecular weight excluding hydrogens is 677 g/mol.